The van der Waals surface area contributed by atoms with Crippen molar-refractivity contribution in [3.63, 3.8) is 0 Å². The maximum atomic E-state index is 11.6. The molecule has 0 spiro atoms. The van der Waals surface area contributed by atoms with Gasteiger partial charge in [0.25, 0.3) is 0 Å². The number of hydrogen-bond acceptors (Lipinski definition) is 3. The molecule has 74 valence electrons. The summed E-state index contributed by atoms with van der Waals surface area (Å²) in [4.78, 5) is 23.6. The van der Waals surface area contributed by atoms with Crippen molar-refractivity contribution in [1.29, 1.82) is 0 Å². The highest BCUT2D eigenvalue weighted by molar-refractivity contribution is 9.11. The third kappa shape index (κ3) is 2.30. The van der Waals surface area contributed by atoms with E-state index in [1.165, 1.54) is 11.3 Å². The van der Waals surface area contributed by atoms with Crippen molar-refractivity contribution in [2.24, 2.45) is 5.92 Å². The molecule has 1 heterocycles. The molecule has 14 heavy (non-hydrogen) atoms. The van der Waals surface area contributed by atoms with Crippen LogP contribution in [0, 0.1) is 5.92 Å². The summed E-state index contributed by atoms with van der Waals surface area (Å²) in [6, 6.07) is 3.59. The van der Waals surface area contributed by atoms with Crippen LogP contribution < -0.4 is 0 Å². The molecular formula is C10H9BrO2S. The smallest absolute Gasteiger partial charge is 0.180 e. The van der Waals surface area contributed by atoms with E-state index in [9.17, 15) is 9.59 Å². The van der Waals surface area contributed by atoms with Crippen molar-refractivity contribution in [3.8, 4) is 0 Å². The fourth-order valence-electron chi connectivity index (χ4n) is 1.26. The molecule has 0 saturated heterocycles. The second-order valence-corrected chi connectivity index (χ2v) is 5.91. The van der Waals surface area contributed by atoms with E-state index in [-0.39, 0.29) is 23.9 Å². The van der Waals surface area contributed by atoms with Crippen molar-refractivity contribution < 1.29 is 9.59 Å². The maximum Gasteiger partial charge on any atom is 0.180 e. The van der Waals surface area contributed by atoms with Crippen LogP contribution in [0.3, 0.4) is 0 Å². The first-order valence-electron chi connectivity index (χ1n) is 4.48. The molecule has 0 radical (unpaired) electrons. The predicted molar refractivity (Wildman–Crippen MR) is 58.7 cm³/mol. The fourth-order valence-corrected chi connectivity index (χ4v) is 2.58. The van der Waals surface area contributed by atoms with Gasteiger partial charge in [-0.3, -0.25) is 9.59 Å². The molecule has 2 nitrogen and oxygen atoms in total. The van der Waals surface area contributed by atoms with Crippen molar-refractivity contribution in [1.82, 2.24) is 0 Å². The number of thiophene rings is 1. The molecule has 1 aliphatic rings. The zero-order chi connectivity index (χ0) is 10.1. The molecule has 1 aromatic heterocycles. The molecule has 1 fully saturated rings. The van der Waals surface area contributed by atoms with Crippen LogP contribution in [-0.2, 0) is 4.79 Å². The Morgan fingerprint density at radius 3 is 2.64 bits per heavy atom. The monoisotopic (exact) mass is 272 g/mol. The Bertz CT molecular complexity index is 379. The van der Waals surface area contributed by atoms with Crippen LogP contribution in [0.2, 0.25) is 0 Å². The van der Waals surface area contributed by atoms with Gasteiger partial charge in [0.15, 0.2) is 5.78 Å². The molecule has 0 amide bonds. The molecule has 0 atom stereocenters. The van der Waals surface area contributed by atoms with Gasteiger partial charge in [-0.1, -0.05) is 0 Å². The highest BCUT2D eigenvalue weighted by Gasteiger charge is 2.30. The van der Waals surface area contributed by atoms with E-state index >= 15 is 0 Å². The van der Waals surface area contributed by atoms with Gasteiger partial charge >= 0.3 is 0 Å². The highest BCUT2D eigenvalue weighted by atomic mass is 79.9. The quantitative estimate of drug-likeness (QED) is 0.624. The van der Waals surface area contributed by atoms with Gasteiger partial charge in [-0.2, -0.15) is 0 Å². The topological polar surface area (TPSA) is 34.1 Å². The van der Waals surface area contributed by atoms with Gasteiger partial charge < -0.3 is 0 Å². The molecular weight excluding hydrogens is 264 g/mol. The lowest BCUT2D eigenvalue weighted by Gasteiger charge is -1.95. The van der Waals surface area contributed by atoms with Crippen molar-refractivity contribution in [3.05, 3.63) is 20.8 Å². The third-order valence-electron chi connectivity index (χ3n) is 2.22. The Balaban J connectivity index is 1.98. The minimum Gasteiger partial charge on any atom is -0.299 e. The molecule has 1 aliphatic carbocycles. The minimum atomic E-state index is -0.0439. The average molecular weight is 273 g/mol. The van der Waals surface area contributed by atoms with Gasteiger partial charge in [0.2, 0.25) is 0 Å². The summed E-state index contributed by atoms with van der Waals surface area (Å²) < 4.78 is 0.930. The van der Waals surface area contributed by atoms with Gasteiger partial charge in [0, 0.05) is 5.92 Å². The molecule has 0 N–H and O–H groups in total. The Labute approximate surface area is 94.4 Å². The summed E-state index contributed by atoms with van der Waals surface area (Å²) in [7, 11) is 0. The molecule has 0 unspecified atom stereocenters. The van der Waals surface area contributed by atoms with Crippen LogP contribution in [0.25, 0.3) is 0 Å². The van der Waals surface area contributed by atoms with E-state index in [0.717, 1.165) is 16.6 Å². The van der Waals surface area contributed by atoms with E-state index in [0.29, 0.717) is 4.88 Å². The minimum absolute atomic E-state index is 0.0439. The van der Waals surface area contributed by atoms with E-state index in [1.54, 1.807) is 6.07 Å². The number of Topliss-reactive ketones (excluding diaryl/α,β-unsaturated/α-hetero) is 2. The zero-order valence-electron chi connectivity index (χ0n) is 7.46. The van der Waals surface area contributed by atoms with Crippen LogP contribution in [0.15, 0.2) is 15.9 Å². The molecule has 2 rings (SSSR count). The summed E-state index contributed by atoms with van der Waals surface area (Å²) in [6.07, 6.45) is 2.03. The Hall–Kier alpha value is -0.480. The van der Waals surface area contributed by atoms with Crippen molar-refractivity contribution in [2.45, 2.75) is 19.3 Å². The molecule has 0 bridgehead atoms. The summed E-state index contributed by atoms with van der Waals surface area (Å²) in [6.45, 7) is 0. The van der Waals surface area contributed by atoms with E-state index in [1.807, 2.05) is 6.07 Å². The normalized spacial score (nSPS) is 15.5. The maximum absolute atomic E-state index is 11.6. The van der Waals surface area contributed by atoms with E-state index in [2.05, 4.69) is 15.9 Å². The number of carbonyl (C=O) groups is 2. The lowest BCUT2D eigenvalue weighted by molar-refractivity contribution is -0.119. The Morgan fingerprint density at radius 1 is 1.43 bits per heavy atom. The van der Waals surface area contributed by atoms with Gasteiger partial charge in [-0.25, -0.2) is 0 Å². The second-order valence-electron chi connectivity index (χ2n) is 3.44. The van der Waals surface area contributed by atoms with Gasteiger partial charge in [-0.05, 0) is 40.9 Å². The fraction of sp³-hybridized carbons (Fsp3) is 0.400. The molecule has 1 aromatic rings. The molecule has 4 heteroatoms. The summed E-state index contributed by atoms with van der Waals surface area (Å²) >= 11 is 4.67. The third-order valence-corrected chi connectivity index (χ3v) is 3.88. The number of rotatable bonds is 4. The zero-order valence-corrected chi connectivity index (χ0v) is 9.86. The van der Waals surface area contributed by atoms with Crippen molar-refractivity contribution in [2.75, 3.05) is 0 Å². The highest BCUT2D eigenvalue weighted by Crippen LogP contribution is 2.32. The van der Waals surface area contributed by atoms with Crippen LogP contribution >= 0.6 is 27.3 Å². The Morgan fingerprint density at radius 2 is 2.14 bits per heavy atom. The van der Waals surface area contributed by atoms with Gasteiger partial charge in [0.05, 0.1) is 15.1 Å². The van der Waals surface area contributed by atoms with Crippen LogP contribution in [0.1, 0.15) is 28.9 Å². The van der Waals surface area contributed by atoms with E-state index in [4.69, 9.17) is 0 Å². The second kappa shape index (κ2) is 3.95. The predicted octanol–water partition coefficient (Wildman–Crippen LogP) is 3.06. The van der Waals surface area contributed by atoms with Gasteiger partial charge in [-0.15, -0.1) is 11.3 Å². The Kier molecular flexibility index (Phi) is 2.83. The number of ketones is 2. The summed E-state index contributed by atoms with van der Waals surface area (Å²) in [5, 5.41) is 0. The number of halogens is 1. The summed E-state index contributed by atoms with van der Waals surface area (Å²) in [5.74, 6) is 0.250. The average Bonchev–Trinajstić information content (AvgIpc) is 2.89. The lowest BCUT2D eigenvalue weighted by atomic mass is 10.1. The van der Waals surface area contributed by atoms with Crippen LogP contribution in [0.5, 0.6) is 0 Å². The van der Waals surface area contributed by atoms with Gasteiger partial charge in [0.1, 0.15) is 5.78 Å². The van der Waals surface area contributed by atoms with E-state index < -0.39 is 0 Å². The van der Waals surface area contributed by atoms with Crippen LogP contribution in [0.4, 0.5) is 0 Å². The molecule has 0 aromatic carbocycles. The van der Waals surface area contributed by atoms with Crippen molar-refractivity contribution >= 4 is 38.8 Å². The molecule has 0 aliphatic heterocycles. The lowest BCUT2D eigenvalue weighted by Crippen LogP contribution is -2.08. The largest absolute Gasteiger partial charge is 0.299 e. The molecule has 1 saturated carbocycles. The summed E-state index contributed by atoms with van der Waals surface area (Å²) in [5.41, 5.74) is 0. The number of carbonyl (C=O) groups excluding carboxylic acids is 2. The SMILES string of the molecule is O=C(CC(=O)C1CC1)c1ccc(Br)s1. The first kappa shape index (κ1) is 10.1. The standard InChI is InChI=1S/C10H9BrO2S/c11-10-4-3-9(14-10)8(13)5-7(12)6-1-2-6/h3-4,6H,1-2,5H2. The number of hydrogen-bond donors (Lipinski definition) is 0. The first-order chi connectivity index (χ1) is 6.66. The first-order valence-corrected chi connectivity index (χ1v) is 6.09. The van der Waals surface area contributed by atoms with Crippen LogP contribution in [-0.4, -0.2) is 11.6 Å².